The minimum atomic E-state index is -3.50. The van der Waals surface area contributed by atoms with Gasteiger partial charge in [0.25, 0.3) is 5.91 Å². The van der Waals surface area contributed by atoms with Crippen LogP contribution in [0.25, 0.3) is 0 Å². The highest BCUT2D eigenvalue weighted by atomic mass is 32.2. The van der Waals surface area contributed by atoms with Crippen LogP contribution in [-0.2, 0) is 21.2 Å². The molecule has 0 aliphatic heterocycles. The average Bonchev–Trinajstić information content (AvgIpc) is 3.21. The second-order valence-corrected chi connectivity index (χ2v) is 9.11. The molecule has 0 saturated heterocycles. The van der Waals surface area contributed by atoms with Crippen molar-refractivity contribution in [3.05, 3.63) is 59.7 Å². The summed E-state index contributed by atoms with van der Waals surface area (Å²) in [5.41, 5.74) is 1.63. The number of amides is 2. The lowest BCUT2D eigenvalue weighted by molar-refractivity contribution is -0.119. The average molecular weight is 401 g/mol. The summed E-state index contributed by atoms with van der Waals surface area (Å²) in [6.45, 7) is 0.226. The molecule has 148 valence electrons. The van der Waals surface area contributed by atoms with E-state index < -0.39 is 15.7 Å². The van der Waals surface area contributed by atoms with Crippen molar-refractivity contribution < 1.29 is 18.0 Å². The maximum atomic E-state index is 12.5. The minimum absolute atomic E-state index is 0.00470. The van der Waals surface area contributed by atoms with Crippen LogP contribution in [-0.4, -0.2) is 26.5 Å². The van der Waals surface area contributed by atoms with Gasteiger partial charge < -0.3 is 10.6 Å². The number of sulfone groups is 1. The summed E-state index contributed by atoms with van der Waals surface area (Å²) in [6.07, 6.45) is 5.14. The van der Waals surface area contributed by atoms with Gasteiger partial charge in [-0.2, -0.15) is 0 Å². The number of hydrogen-bond acceptors (Lipinski definition) is 4. The third-order valence-electron chi connectivity index (χ3n) is 4.90. The maximum Gasteiger partial charge on any atom is 0.252 e. The highest BCUT2D eigenvalue weighted by Crippen LogP contribution is 2.26. The topological polar surface area (TPSA) is 92.3 Å². The Hall–Kier alpha value is -2.67. The van der Waals surface area contributed by atoms with E-state index in [0.29, 0.717) is 5.69 Å². The molecule has 1 saturated carbocycles. The van der Waals surface area contributed by atoms with Gasteiger partial charge in [0.15, 0.2) is 9.84 Å². The molecule has 28 heavy (non-hydrogen) atoms. The van der Waals surface area contributed by atoms with Gasteiger partial charge in [-0.15, -0.1) is 0 Å². The smallest absolute Gasteiger partial charge is 0.252 e. The van der Waals surface area contributed by atoms with Crippen molar-refractivity contribution in [2.24, 2.45) is 5.92 Å². The van der Waals surface area contributed by atoms with Gasteiger partial charge in [-0.3, -0.25) is 9.59 Å². The maximum absolute atomic E-state index is 12.5. The second kappa shape index (κ2) is 8.56. The first-order chi connectivity index (χ1) is 13.3. The molecule has 0 heterocycles. The molecule has 1 fully saturated rings. The van der Waals surface area contributed by atoms with E-state index in [2.05, 4.69) is 10.6 Å². The Morgan fingerprint density at radius 1 is 1.04 bits per heavy atom. The first kappa shape index (κ1) is 20.1. The van der Waals surface area contributed by atoms with Crippen molar-refractivity contribution in [2.75, 3.05) is 11.6 Å². The molecule has 1 aliphatic carbocycles. The van der Waals surface area contributed by atoms with Crippen LogP contribution in [0.4, 0.5) is 5.69 Å². The Bertz CT molecular complexity index is 979. The fourth-order valence-corrected chi connectivity index (χ4v) is 4.33. The van der Waals surface area contributed by atoms with Crippen LogP contribution in [0, 0.1) is 5.92 Å². The van der Waals surface area contributed by atoms with E-state index in [1.807, 2.05) is 24.3 Å². The molecule has 7 heteroatoms. The van der Waals surface area contributed by atoms with E-state index in [1.165, 1.54) is 12.1 Å². The number of nitrogens with one attached hydrogen (secondary N) is 2. The Labute approximate surface area is 165 Å². The number of carbonyl (C=O) groups is 2. The predicted molar refractivity (Wildman–Crippen MR) is 108 cm³/mol. The van der Waals surface area contributed by atoms with Gasteiger partial charge in [0.1, 0.15) is 0 Å². The van der Waals surface area contributed by atoms with E-state index in [9.17, 15) is 18.0 Å². The van der Waals surface area contributed by atoms with Crippen molar-refractivity contribution in [3.63, 3.8) is 0 Å². The summed E-state index contributed by atoms with van der Waals surface area (Å²) in [4.78, 5) is 24.8. The molecule has 0 radical (unpaired) electrons. The fraction of sp³-hybridized carbons (Fsp3) is 0.333. The molecule has 3 rings (SSSR count). The highest BCUT2D eigenvalue weighted by Gasteiger charge is 2.22. The summed E-state index contributed by atoms with van der Waals surface area (Å²) in [6, 6.07) is 13.4. The minimum Gasteiger partial charge on any atom is -0.348 e. The van der Waals surface area contributed by atoms with Crippen LogP contribution < -0.4 is 10.6 Å². The zero-order valence-corrected chi connectivity index (χ0v) is 16.6. The molecular weight excluding hydrogens is 376 g/mol. The lowest BCUT2D eigenvalue weighted by Crippen LogP contribution is -2.25. The lowest BCUT2D eigenvalue weighted by Gasteiger charge is -2.12. The number of rotatable bonds is 6. The standard InChI is InChI=1S/C21H24N2O4S/c1-28(26,27)19-12-5-4-11-18(19)21(25)22-14-15-7-6-10-17(13-15)23-20(24)16-8-2-3-9-16/h4-7,10-13,16H,2-3,8-9,14H2,1H3,(H,22,25)(H,23,24). The largest absolute Gasteiger partial charge is 0.348 e. The second-order valence-electron chi connectivity index (χ2n) is 7.12. The molecule has 2 aromatic carbocycles. The summed E-state index contributed by atoms with van der Waals surface area (Å²) in [5, 5.41) is 5.69. The van der Waals surface area contributed by atoms with Gasteiger partial charge in [-0.1, -0.05) is 37.1 Å². The Morgan fingerprint density at radius 2 is 1.75 bits per heavy atom. The number of carbonyl (C=O) groups excluding carboxylic acids is 2. The zero-order valence-electron chi connectivity index (χ0n) is 15.8. The third-order valence-corrected chi connectivity index (χ3v) is 6.06. The van der Waals surface area contributed by atoms with Crippen LogP contribution in [0.5, 0.6) is 0 Å². The molecule has 0 spiro atoms. The van der Waals surface area contributed by atoms with E-state index in [4.69, 9.17) is 0 Å². The predicted octanol–water partition coefficient (Wildman–Crippen LogP) is 3.15. The van der Waals surface area contributed by atoms with Crippen LogP contribution >= 0.6 is 0 Å². The van der Waals surface area contributed by atoms with Gasteiger partial charge in [-0.05, 0) is 42.7 Å². The van der Waals surface area contributed by atoms with Crippen LogP contribution in [0.1, 0.15) is 41.6 Å². The summed E-state index contributed by atoms with van der Waals surface area (Å²) < 4.78 is 23.7. The monoisotopic (exact) mass is 400 g/mol. The summed E-state index contributed by atoms with van der Waals surface area (Å²) in [7, 11) is -3.50. The lowest BCUT2D eigenvalue weighted by atomic mass is 10.1. The van der Waals surface area contributed by atoms with Crippen molar-refractivity contribution in [3.8, 4) is 0 Å². The normalized spacial score (nSPS) is 14.6. The number of anilines is 1. The van der Waals surface area contributed by atoms with Gasteiger partial charge in [0.2, 0.25) is 5.91 Å². The first-order valence-corrected chi connectivity index (χ1v) is 11.2. The Balaban J connectivity index is 1.65. The molecule has 2 N–H and O–H groups in total. The molecular formula is C21H24N2O4S. The van der Waals surface area contributed by atoms with Crippen LogP contribution in [0.3, 0.4) is 0 Å². The quantitative estimate of drug-likeness (QED) is 0.779. The van der Waals surface area contributed by atoms with Crippen LogP contribution in [0.2, 0.25) is 0 Å². The third kappa shape index (κ3) is 4.98. The van der Waals surface area contributed by atoms with Crippen molar-refractivity contribution >= 4 is 27.3 Å². The Morgan fingerprint density at radius 3 is 2.46 bits per heavy atom. The molecule has 2 aromatic rings. The molecule has 6 nitrogen and oxygen atoms in total. The SMILES string of the molecule is CS(=O)(=O)c1ccccc1C(=O)NCc1cccc(NC(=O)C2CCCC2)c1. The zero-order chi connectivity index (χ0) is 20.1. The molecule has 1 aliphatic rings. The van der Waals surface area contributed by atoms with E-state index >= 15 is 0 Å². The molecule has 0 unspecified atom stereocenters. The number of benzene rings is 2. The fourth-order valence-electron chi connectivity index (χ4n) is 3.45. The summed E-state index contributed by atoms with van der Waals surface area (Å²) in [5.74, 6) is -0.335. The van der Waals surface area contributed by atoms with Crippen LogP contribution in [0.15, 0.2) is 53.4 Å². The van der Waals surface area contributed by atoms with Gasteiger partial charge in [-0.25, -0.2) is 8.42 Å². The van der Waals surface area contributed by atoms with E-state index in [-0.39, 0.29) is 28.8 Å². The Kier molecular flexibility index (Phi) is 6.14. The number of hydrogen-bond donors (Lipinski definition) is 2. The summed E-state index contributed by atoms with van der Waals surface area (Å²) >= 11 is 0. The van der Waals surface area contributed by atoms with E-state index in [1.54, 1.807) is 12.1 Å². The van der Waals surface area contributed by atoms with Gasteiger partial charge >= 0.3 is 0 Å². The van der Waals surface area contributed by atoms with Gasteiger partial charge in [0, 0.05) is 24.4 Å². The highest BCUT2D eigenvalue weighted by molar-refractivity contribution is 7.90. The van der Waals surface area contributed by atoms with Crippen molar-refractivity contribution in [1.29, 1.82) is 0 Å². The molecule has 2 amide bonds. The molecule has 0 bridgehead atoms. The van der Waals surface area contributed by atoms with Gasteiger partial charge in [0.05, 0.1) is 10.5 Å². The molecule has 0 atom stereocenters. The van der Waals surface area contributed by atoms with Crippen molar-refractivity contribution in [1.82, 2.24) is 5.32 Å². The first-order valence-electron chi connectivity index (χ1n) is 9.31. The van der Waals surface area contributed by atoms with E-state index in [0.717, 1.165) is 37.5 Å². The molecule has 0 aromatic heterocycles. The van der Waals surface area contributed by atoms with Crippen molar-refractivity contribution in [2.45, 2.75) is 37.1 Å².